The van der Waals surface area contributed by atoms with E-state index in [0.29, 0.717) is 32.3 Å². The molecule has 0 aromatic rings. The summed E-state index contributed by atoms with van der Waals surface area (Å²) in [4.78, 5) is 29.4. The number of carbonyl (C=O) groups is 2. The number of hydrogen-bond donors (Lipinski definition) is 1. The van der Waals surface area contributed by atoms with Gasteiger partial charge < -0.3 is 24.8 Å². The van der Waals surface area contributed by atoms with Crippen LogP contribution in [-0.4, -0.2) is 84.0 Å². The lowest BCUT2D eigenvalue weighted by molar-refractivity contribution is -0.155. The number of piperazine rings is 1. The van der Waals surface area contributed by atoms with Gasteiger partial charge >= 0.3 is 6.09 Å². The topological polar surface area (TPSA) is 94.3 Å². The Kier molecular flexibility index (Phi) is 6.03. The van der Waals surface area contributed by atoms with Crippen LogP contribution in [0, 0.1) is 5.41 Å². The van der Waals surface area contributed by atoms with E-state index >= 15 is 0 Å². The van der Waals surface area contributed by atoms with Crippen LogP contribution in [0.3, 0.4) is 0 Å². The molecule has 2 N–H and O–H groups in total. The van der Waals surface area contributed by atoms with Crippen LogP contribution < -0.4 is 5.73 Å². The zero-order valence-electron chi connectivity index (χ0n) is 19.5. The molecule has 8 heteroatoms. The molecule has 2 bridgehead atoms. The van der Waals surface area contributed by atoms with Crippen molar-refractivity contribution in [3.05, 3.63) is 0 Å². The molecule has 5 fully saturated rings. The van der Waals surface area contributed by atoms with Crippen molar-refractivity contribution >= 4 is 12.0 Å². The van der Waals surface area contributed by atoms with Gasteiger partial charge in [-0.3, -0.25) is 9.69 Å². The summed E-state index contributed by atoms with van der Waals surface area (Å²) >= 11 is 0. The van der Waals surface area contributed by atoms with Crippen LogP contribution in [0.1, 0.15) is 66.2 Å². The second-order valence-corrected chi connectivity index (χ2v) is 11.2. The van der Waals surface area contributed by atoms with Crippen LogP contribution >= 0.6 is 0 Å². The van der Waals surface area contributed by atoms with Gasteiger partial charge in [-0.25, -0.2) is 4.79 Å². The smallest absolute Gasteiger partial charge is 0.410 e. The van der Waals surface area contributed by atoms with E-state index in [-0.39, 0.29) is 29.1 Å². The number of fused-ring (bicyclic) bond motifs is 3. The van der Waals surface area contributed by atoms with Crippen molar-refractivity contribution < 1.29 is 23.8 Å². The van der Waals surface area contributed by atoms with Crippen molar-refractivity contribution in [2.75, 3.05) is 32.8 Å². The first-order valence-corrected chi connectivity index (χ1v) is 11.8. The lowest BCUT2D eigenvalue weighted by atomic mass is 9.72. The molecule has 3 saturated heterocycles. The molecule has 1 spiro atoms. The summed E-state index contributed by atoms with van der Waals surface area (Å²) in [7, 11) is 0. The van der Waals surface area contributed by atoms with Crippen LogP contribution in [0.15, 0.2) is 0 Å². The number of nitrogens with two attached hydrogens (primary N) is 1. The van der Waals surface area contributed by atoms with Crippen molar-refractivity contribution in [2.45, 2.75) is 95.6 Å². The molecule has 0 aromatic heterocycles. The number of nitrogens with zero attached hydrogens (tertiary/aromatic N) is 2. The van der Waals surface area contributed by atoms with E-state index < -0.39 is 11.6 Å². The quantitative estimate of drug-likeness (QED) is 0.709. The number of amides is 2. The normalized spacial score (nSPS) is 31.5. The Morgan fingerprint density at radius 3 is 2.39 bits per heavy atom. The van der Waals surface area contributed by atoms with Crippen molar-refractivity contribution in [3.63, 3.8) is 0 Å². The Bertz CT molecular complexity index is 680. The highest BCUT2D eigenvalue weighted by molar-refractivity contribution is 5.83. The molecule has 31 heavy (non-hydrogen) atoms. The highest BCUT2D eigenvalue weighted by Gasteiger charge is 2.55. The van der Waals surface area contributed by atoms with Gasteiger partial charge in [0.15, 0.2) is 0 Å². The molecule has 8 nitrogen and oxygen atoms in total. The molecule has 5 rings (SSSR count). The predicted molar refractivity (Wildman–Crippen MR) is 116 cm³/mol. The molecule has 2 amide bonds. The van der Waals surface area contributed by atoms with Crippen LogP contribution in [0.4, 0.5) is 4.79 Å². The maximum atomic E-state index is 13.1. The molecule has 3 aliphatic heterocycles. The summed E-state index contributed by atoms with van der Waals surface area (Å²) in [6.45, 7) is 10.3. The van der Waals surface area contributed by atoms with Gasteiger partial charge in [0.25, 0.3) is 0 Å². The van der Waals surface area contributed by atoms with Gasteiger partial charge in [-0.05, 0) is 66.2 Å². The van der Waals surface area contributed by atoms with E-state index in [9.17, 15) is 9.59 Å². The van der Waals surface area contributed by atoms with E-state index in [4.69, 9.17) is 19.9 Å². The first-order chi connectivity index (χ1) is 14.5. The Labute approximate surface area is 185 Å². The first kappa shape index (κ1) is 22.8. The molecule has 176 valence electrons. The van der Waals surface area contributed by atoms with Gasteiger partial charge in [-0.15, -0.1) is 0 Å². The lowest BCUT2D eigenvalue weighted by Crippen LogP contribution is -2.62. The maximum Gasteiger partial charge on any atom is 0.410 e. The summed E-state index contributed by atoms with van der Waals surface area (Å²) < 4.78 is 17.6. The van der Waals surface area contributed by atoms with E-state index in [1.54, 1.807) is 0 Å². The van der Waals surface area contributed by atoms with E-state index in [2.05, 4.69) is 0 Å². The minimum absolute atomic E-state index is 0.0862. The third-order valence-electron chi connectivity index (χ3n) is 7.47. The molecular formula is C23H39N3O5. The van der Waals surface area contributed by atoms with Gasteiger partial charge in [-0.1, -0.05) is 0 Å². The molecule has 2 aliphatic carbocycles. The summed E-state index contributed by atoms with van der Waals surface area (Å²) in [5.74, 6) is -0.0938. The number of rotatable bonds is 5. The van der Waals surface area contributed by atoms with Crippen LogP contribution in [0.5, 0.6) is 0 Å². The average molecular weight is 438 g/mol. The van der Waals surface area contributed by atoms with Gasteiger partial charge in [0.2, 0.25) is 5.91 Å². The van der Waals surface area contributed by atoms with Crippen LogP contribution in [-0.2, 0) is 19.0 Å². The minimum Gasteiger partial charge on any atom is -0.444 e. The third kappa shape index (κ3) is 4.86. The monoisotopic (exact) mass is 437 g/mol. The molecule has 2 atom stereocenters. The van der Waals surface area contributed by atoms with Crippen molar-refractivity contribution in [2.24, 2.45) is 11.1 Å². The van der Waals surface area contributed by atoms with Gasteiger partial charge in [0, 0.05) is 25.0 Å². The summed E-state index contributed by atoms with van der Waals surface area (Å²) in [6, 6.07) is -0.707. The van der Waals surface area contributed by atoms with E-state index in [1.165, 1.54) is 0 Å². The van der Waals surface area contributed by atoms with Crippen molar-refractivity contribution in [3.8, 4) is 0 Å². The highest BCUT2D eigenvalue weighted by atomic mass is 16.6. The summed E-state index contributed by atoms with van der Waals surface area (Å²) in [5, 5.41) is 0. The van der Waals surface area contributed by atoms with Gasteiger partial charge in [0.05, 0.1) is 31.0 Å². The van der Waals surface area contributed by atoms with Gasteiger partial charge in [0.1, 0.15) is 11.6 Å². The van der Waals surface area contributed by atoms with E-state index in [0.717, 1.165) is 45.1 Å². The Balaban J connectivity index is 1.30. The Morgan fingerprint density at radius 2 is 1.84 bits per heavy atom. The second kappa shape index (κ2) is 8.19. The SMILES string of the molecule is C[C@@H](OCC12CCC(CC1)OC2)[C@H](N)C(=O)N1CCN(C(=O)OC(C)(C)C)C2(CC2)C1. The maximum absolute atomic E-state index is 13.1. The number of ether oxygens (including phenoxy) is 3. The fourth-order valence-corrected chi connectivity index (χ4v) is 5.16. The molecule has 3 heterocycles. The Morgan fingerprint density at radius 1 is 1.16 bits per heavy atom. The summed E-state index contributed by atoms with van der Waals surface area (Å²) in [6.07, 6.45) is 6.02. The zero-order valence-corrected chi connectivity index (χ0v) is 19.5. The van der Waals surface area contributed by atoms with Gasteiger partial charge in [-0.2, -0.15) is 0 Å². The zero-order chi connectivity index (χ0) is 22.4. The highest BCUT2D eigenvalue weighted by Crippen LogP contribution is 2.45. The molecule has 0 unspecified atom stereocenters. The molecule has 0 radical (unpaired) electrons. The fourth-order valence-electron chi connectivity index (χ4n) is 5.16. The molecular weight excluding hydrogens is 398 g/mol. The third-order valence-corrected chi connectivity index (χ3v) is 7.47. The number of hydrogen-bond acceptors (Lipinski definition) is 6. The fraction of sp³-hybridized carbons (Fsp3) is 0.913. The summed E-state index contributed by atoms with van der Waals surface area (Å²) in [5.41, 5.74) is 5.60. The molecule has 5 aliphatic rings. The average Bonchev–Trinajstić information content (AvgIpc) is 3.50. The van der Waals surface area contributed by atoms with Crippen LogP contribution in [0.25, 0.3) is 0 Å². The molecule has 0 aromatic carbocycles. The minimum atomic E-state index is -0.707. The Hall–Kier alpha value is -1.38. The lowest BCUT2D eigenvalue weighted by Gasteiger charge is -2.46. The van der Waals surface area contributed by atoms with Crippen molar-refractivity contribution in [1.82, 2.24) is 9.80 Å². The van der Waals surface area contributed by atoms with Crippen molar-refractivity contribution in [1.29, 1.82) is 0 Å². The van der Waals surface area contributed by atoms with Crippen LogP contribution in [0.2, 0.25) is 0 Å². The molecule has 2 saturated carbocycles. The number of carbonyl (C=O) groups excluding carboxylic acids is 2. The standard InChI is InChI=1S/C23H39N3O5/c1-16(29-14-22-7-5-17(6-8-22)30-15-22)18(24)19(27)25-11-12-26(23(13-25)9-10-23)20(28)31-21(2,3)4/h16-18H,5-15,24H2,1-4H3/t16-,17?,18+,22?/m1/s1. The first-order valence-electron chi connectivity index (χ1n) is 11.8. The largest absolute Gasteiger partial charge is 0.444 e. The second-order valence-electron chi connectivity index (χ2n) is 11.2. The van der Waals surface area contributed by atoms with E-state index in [1.807, 2.05) is 37.5 Å². The predicted octanol–water partition coefficient (Wildman–Crippen LogP) is 2.29.